The first-order chi connectivity index (χ1) is 6.77. The molecule has 1 aromatic heterocycles. The molecule has 4 nitrogen and oxygen atoms in total. The zero-order chi connectivity index (χ0) is 9.97. The van der Waals surface area contributed by atoms with Gasteiger partial charge in [0, 0.05) is 24.0 Å². The van der Waals surface area contributed by atoms with Gasteiger partial charge in [0.25, 0.3) is 0 Å². The van der Waals surface area contributed by atoms with Crippen molar-refractivity contribution in [1.82, 2.24) is 15.3 Å². The van der Waals surface area contributed by atoms with Crippen LogP contribution in [0.15, 0.2) is 18.7 Å². The summed E-state index contributed by atoms with van der Waals surface area (Å²) in [4.78, 5) is 8.01. The molecule has 3 atom stereocenters. The third-order valence-electron chi connectivity index (χ3n) is 2.73. The Kier molecular flexibility index (Phi) is 2.74. The summed E-state index contributed by atoms with van der Waals surface area (Å²) in [5.74, 6) is 0.658. The van der Waals surface area contributed by atoms with Crippen LogP contribution in [-0.4, -0.2) is 22.6 Å². The van der Waals surface area contributed by atoms with Gasteiger partial charge in [-0.2, -0.15) is 0 Å². The molecular weight excluding hydrogens is 176 g/mol. The van der Waals surface area contributed by atoms with E-state index in [2.05, 4.69) is 22.2 Å². The molecule has 1 aliphatic rings. The molecule has 0 saturated carbocycles. The fourth-order valence-electron chi connectivity index (χ4n) is 2.00. The van der Waals surface area contributed by atoms with E-state index in [1.165, 1.54) is 0 Å². The number of hydrogen-bond donors (Lipinski definition) is 2. The first-order valence-corrected chi connectivity index (χ1v) is 5.01. The lowest BCUT2D eigenvalue weighted by molar-refractivity contribution is 0.290. The highest BCUT2D eigenvalue weighted by Crippen LogP contribution is 2.23. The third kappa shape index (κ3) is 1.91. The summed E-state index contributed by atoms with van der Waals surface area (Å²) in [6, 6.07) is 0.386. The highest BCUT2D eigenvalue weighted by Gasteiger charge is 2.26. The van der Waals surface area contributed by atoms with Gasteiger partial charge in [0.05, 0.1) is 6.04 Å². The van der Waals surface area contributed by atoms with Crippen LogP contribution in [0.25, 0.3) is 0 Å². The first kappa shape index (κ1) is 9.55. The number of nitrogens with two attached hydrogens (primary N) is 1. The van der Waals surface area contributed by atoms with Crippen molar-refractivity contribution in [3.8, 4) is 0 Å². The van der Waals surface area contributed by atoms with E-state index in [-0.39, 0.29) is 12.1 Å². The highest BCUT2D eigenvalue weighted by atomic mass is 15.0. The summed E-state index contributed by atoms with van der Waals surface area (Å²) < 4.78 is 0. The van der Waals surface area contributed by atoms with Gasteiger partial charge in [-0.05, 0) is 18.9 Å². The zero-order valence-corrected chi connectivity index (χ0v) is 8.35. The van der Waals surface area contributed by atoms with Gasteiger partial charge < -0.3 is 11.1 Å². The van der Waals surface area contributed by atoms with Gasteiger partial charge in [-0.3, -0.25) is 0 Å². The molecule has 1 aliphatic heterocycles. The molecule has 2 rings (SSSR count). The van der Waals surface area contributed by atoms with Crippen LogP contribution in [0.4, 0.5) is 0 Å². The highest BCUT2D eigenvalue weighted by molar-refractivity contribution is 5.13. The Bertz CT molecular complexity index is 287. The molecule has 2 heterocycles. The minimum atomic E-state index is 0.171. The van der Waals surface area contributed by atoms with Crippen molar-refractivity contribution in [2.24, 2.45) is 11.7 Å². The van der Waals surface area contributed by atoms with Crippen molar-refractivity contribution >= 4 is 0 Å². The van der Waals surface area contributed by atoms with Crippen LogP contribution in [0.2, 0.25) is 0 Å². The molecule has 4 heteroatoms. The normalized spacial score (nSPS) is 32.9. The van der Waals surface area contributed by atoms with Crippen LogP contribution < -0.4 is 11.1 Å². The van der Waals surface area contributed by atoms with Crippen molar-refractivity contribution in [3.63, 3.8) is 0 Å². The van der Waals surface area contributed by atoms with Crippen LogP contribution in [0.1, 0.15) is 24.9 Å². The van der Waals surface area contributed by atoms with Gasteiger partial charge in [0.15, 0.2) is 0 Å². The molecule has 0 bridgehead atoms. The number of nitrogens with zero attached hydrogens (tertiary/aromatic N) is 2. The second kappa shape index (κ2) is 4.02. The molecule has 0 radical (unpaired) electrons. The van der Waals surface area contributed by atoms with Crippen molar-refractivity contribution in [2.75, 3.05) is 6.54 Å². The smallest absolute Gasteiger partial charge is 0.115 e. The summed E-state index contributed by atoms with van der Waals surface area (Å²) in [7, 11) is 0. The molecular formula is C10H16N4. The number of hydrogen-bond acceptors (Lipinski definition) is 4. The third-order valence-corrected chi connectivity index (χ3v) is 2.73. The Morgan fingerprint density at radius 1 is 1.43 bits per heavy atom. The molecule has 1 saturated heterocycles. The van der Waals surface area contributed by atoms with Crippen LogP contribution in [0.3, 0.4) is 0 Å². The van der Waals surface area contributed by atoms with E-state index in [1.807, 2.05) is 12.4 Å². The van der Waals surface area contributed by atoms with Crippen LogP contribution >= 0.6 is 0 Å². The molecule has 0 spiro atoms. The first-order valence-electron chi connectivity index (χ1n) is 5.01. The Morgan fingerprint density at radius 3 is 2.79 bits per heavy atom. The van der Waals surface area contributed by atoms with Gasteiger partial charge >= 0.3 is 0 Å². The number of nitrogens with one attached hydrogen (secondary N) is 1. The van der Waals surface area contributed by atoms with Gasteiger partial charge in [-0.15, -0.1) is 0 Å². The summed E-state index contributed by atoms with van der Waals surface area (Å²) in [6.07, 6.45) is 6.27. The average Bonchev–Trinajstić information content (AvgIpc) is 2.19. The molecule has 76 valence electrons. The summed E-state index contributed by atoms with van der Waals surface area (Å²) >= 11 is 0. The molecule has 0 amide bonds. The molecule has 3 unspecified atom stereocenters. The van der Waals surface area contributed by atoms with E-state index >= 15 is 0 Å². The second-order valence-electron chi connectivity index (χ2n) is 4.06. The lowest BCUT2D eigenvalue weighted by Gasteiger charge is -2.33. The largest absolute Gasteiger partial charge is 0.326 e. The predicted molar refractivity (Wildman–Crippen MR) is 54.5 cm³/mol. The number of aromatic nitrogens is 2. The Labute approximate surface area is 83.9 Å². The molecule has 3 N–H and O–H groups in total. The van der Waals surface area contributed by atoms with E-state index in [1.54, 1.807) is 6.33 Å². The topological polar surface area (TPSA) is 63.8 Å². The van der Waals surface area contributed by atoms with Crippen LogP contribution in [0, 0.1) is 5.92 Å². The monoisotopic (exact) mass is 192 g/mol. The summed E-state index contributed by atoms with van der Waals surface area (Å²) in [5.41, 5.74) is 7.17. The van der Waals surface area contributed by atoms with Gasteiger partial charge in [-0.1, -0.05) is 6.92 Å². The molecule has 1 fully saturated rings. The number of piperidine rings is 1. The van der Waals surface area contributed by atoms with E-state index in [9.17, 15) is 0 Å². The molecule has 14 heavy (non-hydrogen) atoms. The van der Waals surface area contributed by atoms with Gasteiger partial charge in [0.1, 0.15) is 6.33 Å². The quantitative estimate of drug-likeness (QED) is 0.679. The van der Waals surface area contributed by atoms with Crippen molar-refractivity contribution in [3.05, 3.63) is 24.3 Å². The summed E-state index contributed by atoms with van der Waals surface area (Å²) in [5, 5.41) is 3.43. The SMILES string of the molecule is CC1CNC(c2cncnc2)C(N)C1. The van der Waals surface area contributed by atoms with E-state index in [0.717, 1.165) is 18.5 Å². The van der Waals surface area contributed by atoms with E-state index < -0.39 is 0 Å². The van der Waals surface area contributed by atoms with E-state index in [0.29, 0.717) is 5.92 Å². The maximum atomic E-state index is 6.08. The van der Waals surface area contributed by atoms with Crippen molar-refractivity contribution in [1.29, 1.82) is 0 Å². The van der Waals surface area contributed by atoms with E-state index in [4.69, 9.17) is 5.73 Å². The van der Waals surface area contributed by atoms with Gasteiger partial charge in [0.2, 0.25) is 0 Å². The summed E-state index contributed by atoms with van der Waals surface area (Å²) in [6.45, 7) is 3.23. The lowest BCUT2D eigenvalue weighted by atomic mass is 9.89. The average molecular weight is 192 g/mol. The van der Waals surface area contributed by atoms with Crippen molar-refractivity contribution < 1.29 is 0 Å². The van der Waals surface area contributed by atoms with Crippen molar-refractivity contribution in [2.45, 2.75) is 25.4 Å². The second-order valence-corrected chi connectivity index (χ2v) is 4.06. The fraction of sp³-hybridized carbons (Fsp3) is 0.600. The molecule has 1 aromatic rings. The Hall–Kier alpha value is -1.00. The maximum Gasteiger partial charge on any atom is 0.115 e. The molecule has 0 aliphatic carbocycles. The molecule has 0 aromatic carbocycles. The maximum absolute atomic E-state index is 6.08. The minimum absolute atomic E-state index is 0.171. The fourth-order valence-corrected chi connectivity index (χ4v) is 2.00. The Morgan fingerprint density at radius 2 is 2.14 bits per heavy atom. The van der Waals surface area contributed by atoms with Crippen LogP contribution in [-0.2, 0) is 0 Å². The van der Waals surface area contributed by atoms with Crippen LogP contribution in [0.5, 0.6) is 0 Å². The zero-order valence-electron chi connectivity index (χ0n) is 8.35. The Balaban J connectivity index is 2.12. The minimum Gasteiger partial charge on any atom is -0.326 e. The number of rotatable bonds is 1. The van der Waals surface area contributed by atoms with Gasteiger partial charge in [-0.25, -0.2) is 9.97 Å². The predicted octanol–water partition coefficient (Wildman–Crippen LogP) is 0.474. The standard InChI is InChI=1S/C10H16N4/c1-7-2-9(11)10(14-3-7)8-4-12-6-13-5-8/h4-7,9-10,14H,2-3,11H2,1H3. The lowest BCUT2D eigenvalue weighted by Crippen LogP contribution is -2.46.